The van der Waals surface area contributed by atoms with Crippen LogP contribution in [0.1, 0.15) is 33.6 Å². The van der Waals surface area contributed by atoms with Crippen molar-refractivity contribution in [2.75, 3.05) is 31.1 Å². The van der Waals surface area contributed by atoms with Gasteiger partial charge in [-0.3, -0.25) is 4.90 Å². The van der Waals surface area contributed by atoms with Gasteiger partial charge in [0.1, 0.15) is 0 Å². The second-order valence-corrected chi connectivity index (χ2v) is 6.73. The van der Waals surface area contributed by atoms with E-state index < -0.39 is 9.84 Å². The van der Waals surface area contributed by atoms with Gasteiger partial charge in [0.15, 0.2) is 9.84 Å². The van der Waals surface area contributed by atoms with E-state index >= 15 is 0 Å². The van der Waals surface area contributed by atoms with Crippen LogP contribution in [0.2, 0.25) is 0 Å². The van der Waals surface area contributed by atoms with Crippen LogP contribution >= 0.6 is 0 Å². The minimum absolute atomic E-state index is 0.267. The van der Waals surface area contributed by atoms with Gasteiger partial charge in [-0.2, -0.15) is 0 Å². The van der Waals surface area contributed by atoms with Crippen LogP contribution in [0.3, 0.4) is 0 Å². The molecule has 4 nitrogen and oxygen atoms in total. The van der Waals surface area contributed by atoms with Crippen molar-refractivity contribution in [1.82, 2.24) is 4.90 Å². The lowest BCUT2D eigenvalue weighted by Crippen LogP contribution is -2.37. The molecule has 0 aromatic heterocycles. The molecule has 0 aromatic carbocycles. The molecule has 0 saturated heterocycles. The first-order chi connectivity index (χ1) is 7.43. The van der Waals surface area contributed by atoms with Crippen LogP contribution in [-0.2, 0) is 9.84 Å². The third-order valence-corrected chi connectivity index (χ3v) is 4.42. The average Bonchev–Trinajstić information content (AvgIpc) is 2.17. The van der Waals surface area contributed by atoms with Crippen LogP contribution in [0.25, 0.3) is 0 Å². The molecular formula is C11H26N2O2S. The summed E-state index contributed by atoms with van der Waals surface area (Å²) in [5, 5.41) is 0. The van der Waals surface area contributed by atoms with Crippen LogP contribution < -0.4 is 5.73 Å². The van der Waals surface area contributed by atoms with Crippen molar-refractivity contribution >= 4 is 9.84 Å². The fourth-order valence-electron chi connectivity index (χ4n) is 1.59. The summed E-state index contributed by atoms with van der Waals surface area (Å²) in [6, 6.07) is 0.378. The summed E-state index contributed by atoms with van der Waals surface area (Å²) in [6.07, 6.45) is 1.62. The van der Waals surface area contributed by atoms with Gasteiger partial charge in [0.05, 0.1) is 5.75 Å². The van der Waals surface area contributed by atoms with Crippen molar-refractivity contribution in [2.24, 2.45) is 5.73 Å². The molecule has 0 unspecified atom stereocenters. The molecule has 0 aromatic rings. The van der Waals surface area contributed by atoms with Crippen LogP contribution in [-0.4, -0.2) is 50.5 Å². The second-order valence-electron chi connectivity index (χ2n) is 4.42. The van der Waals surface area contributed by atoms with Crippen molar-refractivity contribution in [3.8, 4) is 0 Å². The Morgan fingerprint density at radius 3 is 2.25 bits per heavy atom. The molecule has 0 atom stereocenters. The van der Waals surface area contributed by atoms with Gasteiger partial charge in [-0.1, -0.05) is 6.92 Å². The molecule has 16 heavy (non-hydrogen) atoms. The Bertz CT molecular complexity index is 263. The number of sulfone groups is 1. The molecule has 2 N–H and O–H groups in total. The smallest absolute Gasteiger partial charge is 0.151 e. The van der Waals surface area contributed by atoms with Crippen LogP contribution in [0.4, 0.5) is 0 Å². The zero-order chi connectivity index (χ0) is 12.6. The fourth-order valence-corrected chi connectivity index (χ4v) is 2.93. The maximum Gasteiger partial charge on any atom is 0.151 e. The molecule has 0 bridgehead atoms. The van der Waals surface area contributed by atoms with E-state index in [2.05, 4.69) is 18.7 Å². The molecule has 98 valence electrons. The van der Waals surface area contributed by atoms with Crippen molar-refractivity contribution in [1.29, 1.82) is 0 Å². The van der Waals surface area contributed by atoms with Crippen LogP contribution in [0.5, 0.6) is 0 Å². The summed E-state index contributed by atoms with van der Waals surface area (Å²) in [5.74, 6) is 0.569. The Hall–Kier alpha value is -0.130. The highest BCUT2D eigenvalue weighted by molar-refractivity contribution is 7.91. The highest BCUT2D eigenvalue weighted by atomic mass is 32.2. The summed E-state index contributed by atoms with van der Waals surface area (Å²) >= 11 is 0. The van der Waals surface area contributed by atoms with Gasteiger partial charge in [-0.15, -0.1) is 0 Å². The maximum atomic E-state index is 11.6. The predicted octanol–water partition coefficient (Wildman–Crippen LogP) is 0.870. The Morgan fingerprint density at radius 2 is 1.81 bits per heavy atom. The number of nitrogens with zero attached hydrogens (tertiary/aromatic N) is 1. The van der Waals surface area contributed by atoms with Gasteiger partial charge in [-0.25, -0.2) is 8.42 Å². The third kappa shape index (κ3) is 7.19. The lowest BCUT2D eigenvalue weighted by atomic mass is 10.3. The van der Waals surface area contributed by atoms with Crippen LogP contribution in [0.15, 0.2) is 0 Å². The van der Waals surface area contributed by atoms with Crippen molar-refractivity contribution in [3.05, 3.63) is 0 Å². The Kier molecular flexibility index (Phi) is 7.97. The lowest BCUT2D eigenvalue weighted by Gasteiger charge is -2.26. The van der Waals surface area contributed by atoms with E-state index in [1.807, 2.05) is 6.92 Å². The molecule has 0 aliphatic rings. The second kappa shape index (κ2) is 8.03. The predicted molar refractivity (Wildman–Crippen MR) is 69.3 cm³/mol. The van der Waals surface area contributed by atoms with Gasteiger partial charge >= 0.3 is 0 Å². The molecule has 0 spiro atoms. The molecule has 0 aliphatic heterocycles. The highest BCUT2D eigenvalue weighted by Crippen LogP contribution is 2.02. The Labute approximate surface area is 100 Å². The van der Waals surface area contributed by atoms with Gasteiger partial charge < -0.3 is 5.73 Å². The molecule has 0 rings (SSSR count). The quantitative estimate of drug-likeness (QED) is 0.659. The van der Waals surface area contributed by atoms with E-state index in [4.69, 9.17) is 5.73 Å². The van der Waals surface area contributed by atoms with Crippen LogP contribution in [0, 0.1) is 0 Å². The topological polar surface area (TPSA) is 63.4 Å². The van der Waals surface area contributed by atoms with Gasteiger partial charge in [0.25, 0.3) is 0 Å². The normalized spacial score (nSPS) is 12.6. The van der Waals surface area contributed by atoms with E-state index in [9.17, 15) is 8.42 Å². The van der Waals surface area contributed by atoms with Crippen molar-refractivity contribution in [3.63, 3.8) is 0 Å². The largest absolute Gasteiger partial charge is 0.330 e. The maximum absolute atomic E-state index is 11.6. The Morgan fingerprint density at radius 1 is 1.19 bits per heavy atom. The summed E-state index contributed by atoms with van der Waals surface area (Å²) in [5.41, 5.74) is 5.46. The van der Waals surface area contributed by atoms with E-state index in [0.717, 1.165) is 13.0 Å². The standard InChI is InChI=1S/C11H26N2O2S/c1-4-9-16(14,15)10-8-13(11(2)3)7-5-6-12/h11H,4-10,12H2,1-3H3. The highest BCUT2D eigenvalue weighted by Gasteiger charge is 2.14. The van der Waals surface area contributed by atoms with E-state index in [1.54, 1.807) is 0 Å². The van der Waals surface area contributed by atoms with Gasteiger partial charge in [0, 0.05) is 18.3 Å². The number of nitrogens with two attached hydrogens (primary N) is 1. The number of rotatable bonds is 9. The minimum atomic E-state index is -2.86. The molecule has 0 amide bonds. The zero-order valence-electron chi connectivity index (χ0n) is 10.8. The zero-order valence-corrected chi connectivity index (χ0v) is 11.6. The van der Waals surface area contributed by atoms with Crippen molar-refractivity contribution in [2.45, 2.75) is 39.7 Å². The molecule has 0 radical (unpaired) electrons. The average molecular weight is 250 g/mol. The third-order valence-electron chi connectivity index (χ3n) is 2.58. The molecule has 0 heterocycles. The molecule has 0 aliphatic carbocycles. The summed E-state index contributed by atoms with van der Waals surface area (Å²) in [6.45, 7) is 8.23. The summed E-state index contributed by atoms with van der Waals surface area (Å²) in [7, 11) is -2.86. The lowest BCUT2D eigenvalue weighted by molar-refractivity contribution is 0.233. The molecular weight excluding hydrogens is 224 g/mol. The van der Waals surface area contributed by atoms with Gasteiger partial charge in [-0.05, 0) is 39.8 Å². The fraction of sp³-hybridized carbons (Fsp3) is 1.00. The van der Waals surface area contributed by atoms with E-state index in [1.165, 1.54) is 0 Å². The first-order valence-corrected chi connectivity index (χ1v) is 7.89. The minimum Gasteiger partial charge on any atom is -0.330 e. The van der Waals surface area contributed by atoms with Crippen molar-refractivity contribution < 1.29 is 8.42 Å². The summed E-state index contributed by atoms with van der Waals surface area (Å²) in [4.78, 5) is 2.18. The first kappa shape index (κ1) is 15.9. The SMILES string of the molecule is CCCS(=O)(=O)CCN(CCCN)C(C)C. The number of hydrogen-bond acceptors (Lipinski definition) is 4. The van der Waals surface area contributed by atoms with E-state index in [-0.39, 0.29) is 5.75 Å². The monoisotopic (exact) mass is 250 g/mol. The molecule has 5 heteroatoms. The Balaban J connectivity index is 4.11. The van der Waals surface area contributed by atoms with E-state index in [0.29, 0.717) is 31.3 Å². The first-order valence-electron chi connectivity index (χ1n) is 6.07. The number of hydrogen-bond donors (Lipinski definition) is 1. The molecule has 0 saturated carbocycles. The van der Waals surface area contributed by atoms with Gasteiger partial charge in [0.2, 0.25) is 0 Å². The summed E-state index contributed by atoms with van der Waals surface area (Å²) < 4.78 is 23.2. The molecule has 0 fully saturated rings.